The smallest absolute Gasteiger partial charge is 0.327 e. The Morgan fingerprint density at radius 3 is 3.18 bits per heavy atom. The average Bonchev–Trinajstić information content (AvgIpc) is 2.52. The van der Waals surface area contributed by atoms with Crippen molar-refractivity contribution in [2.24, 2.45) is 0 Å². The fraction of sp³-hybridized carbons (Fsp3) is 0.143. The highest BCUT2D eigenvalue weighted by Gasteiger charge is 1.98. The van der Waals surface area contributed by atoms with Crippen molar-refractivity contribution >= 4 is 6.03 Å². The molecule has 0 aliphatic carbocycles. The third-order valence-corrected chi connectivity index (χ3v) is 1.14. The predicted octanol–water partition coefficient (Wildman–Crippen LogP) is 0.627. The maximum atomic E-state index is 11.0. The number of amides is 1. The molecule has 0 unspecified atom stereocenters. The van der Waals surface area contributed by atoms with Gasteiger partial charge in [0, 0.05) is 18.9 Å². The molecule has 0 bridgehead atoms. The molecule has 0 saturated heterocycles. The van der Waals surface area contributed by atoms with Gasteiger partial charge < -0.3 is 5.32 Å². The van der Waals surface area contributed by atoms with Gasteiger partial charge in [0.1, 0.15) is 6.33 Å². The Labute approximate surface area is 64.6 Å². The third-order valence-electron chi connectivity index (χ3n) is 1.14. The summed E-state index contributed by atoms with van der Waals surface area (Å²) in [6, 6.07) is -0.192. The summed E-state index contributed by atoms with van der Waals surface area (Å²) in [5, 5.41) is 2.60. The van der Waals surface area contributed by atoms with Crippen molar-refractivity contribution < 1.29 is 4.79 Å². The summed E-state index contributed by atoms with van der Waals surface area (Å²) in [5.41, 5.74) is 0. The van der Waals surface area contributed by atoms with E-state index in [0.29, 0.717) is 6.54 Å². The highest BCUT2D eigenvalue weighted by atomic mass is 16.2. The van der Waals surface area contributed by atoms with E-state index < -0.39 is 0 Å². The molecule has 0 spiro atoms. The quantitative estimate of drug-likeness (QED) is 0.630. The second-order valence-corrected chi connectivity index (χ2v) is 1.94. The van der Waals surface area contributed by atoms with E-state index >= 15 is 0 Å². The van der Waals surface area contributed by atoms with Crippen molar-refractivity contribution in [3.8, 4) is 0 Å². The number of nitrogens with one attached hydrogen (secondary N) is 1. The minimum absolute atomic E-state index is 0.192. The van der Waals surface area contributed by atoms with Gasteiger partial charge in [-0.1, -0.05) is 6.08 Å². The first-order valence-corrected chi connectivity index (χ1v) is 3.21. The number of aromatic nitrogens is 2. The molecule has 1 rings (SSSR count). The maximum absolute atomic E-state index is 11.0. The van der Waals surface area contributed by atoms with Gasteiger partial charge in [0.25, 0.3) is 0 Å². The van der Waals surface area contributed by atoms with Crippen LogP contribution in [0.15, 0.2) is 31.4 Å². The van der Waals surface area contributed by atoms with Gasteiger partial charge in [0.15, 0.2) is 0 Å². The lowest BCUT2D eigenvalue weighted by Crippen LogP contribution is -2.27. The Hall–Kier alpha value is -1.58. The summed E-state index contributed by atoms with van der Waals surface area (Å²) in [5.74, 6) is 0. The molecule has 0 aliphatic rings. The van der Waals surface area contributed by atoms with Crippen molar-refractivity contribution in [3.63, 3.8) is 0 Å². The minimum Gasteiger partial charge on any atom is -0.334 e. The topological polar surface area (TPSA) is 46.9 Å². The van der Waals surface area contributed by atoms with Crippen LogP contribution in [0.1, 0.15) is 0 Å². The number of hydrogen-bond donors (Lipinski definition) is 1. The van der Waals surface area contributed by atoms with E-state index in [1.807, 2.05) is 0 Å². The SMILES string of the molecule is C=CCNC(=O)n1ccnc1. The van der Waals surface area contributed by atoms with E-state index in [-0.39, 0.29) is 6.03 Å². The van der Waals surface area contributed by atoms with E-state index in [9.17, 15) is 4.79 Å². The van der Waals surface area contributed by atoms with E-state index in [1.54, 1.807) is 18.5 Å². The highest BCUT2D eigenvalue weighted by Crippen LogP contribution is 1.83. The zero-order chi connectivity index (χ0) is 8.10. The van der Waals surface area contributed by atoms with Gasteiger partial charge in [-0.2, -0.15) is 0 Å². The van der Waals surface area contributed by atoms with Crippen LogP contribution >= 0.6 is 0 Å². The number of carbonyl (C=O) groups is 1. The van der Waals surface area contributed by atoms with Crippen molar-refractivity contribution in [2.75, 3.05) is 6.54 Å². The van der Waals surface area contributed by atoms with Crippen molar-refractivity contribution in [1.82, 2.24) is 14.9 Å². The van der Waals surface area contributed by atoms with Crippen LogP contribution in [-0.4, -0.2) is 22.1 Å². The molecule has 0 aliphatic heterocycles. The number of carbonyl (C=O) groups excluding carboxylic acids is 1. The van der Waals surface area contributed by atoms with Crippen LogP contribution < -0.4 is 5.32 Å². The lowest BCUT2D eigenvalue weighted by atomic mass is 10.6. The van der Waals surface area contributed by atoms with Crippen LogP contribution in [0.4, 0.5) is 4.79 Å². The Morgan fingerprint density at radius 1 is 1.82 bits per heavy atom. The van der Waals surface area contributed by atoms with Gasteiger partial charge in [-0.3, -0.25) is 4.57 Å². The number of hydrogen-bond acceptors (Lipinski definition) is 2. The Balaban J connectivity index is 2.49. The molecule has 0 atom stereocenters. The normalized spacial score (nSPS) is 9.09. The summed E-state index contributed by atoms with van der Waals surface area (Å²) in [4.78, 5) is 14.8. The van der Waals surface area contributed by atoms with Crippen LogP contribution in [0.2, 0.25) is 0 Å². The van der Waals surface area contributed by atoms with E-state index in [1.165, 1.54) is 10.9 Å². The molecule has 1 aromatic rings. The largest absolute Gasteiger partial charge is 0.334 e. The highest BCUT2D eigenvalue weighted by molar-refractivity contribution is 5.76. The second-order valence-electron chi connectivity index (χ2n) is 1.94. The first kappa shape index (κ1) is 7.53. The molecule has 4 heteroatoms. The minimum atomic E-state index is -0.192. The molecule has 4 nitrogen and oxygen atoms in total. The summed E-state index contributed by atoms with van der Waals surface area (Å²) >= 11 is 0. The van der Waals surface area contributed by atoms with Crippen molar-refractivity contribution in [2.45, 2.75) is 0 Å². The molecule has 1 N–H and O–H groups in total. The van der Waals surface area contributed by atoms with E-state index in [2.05, 4.69) is 16.9 Å². The molecular weight excluding hydrogens is 142 g/mol. The monoisotopic (exact) mass is 151 g/mol. The Bertz CT molecular complexity index is 240. The summed E-state index contributed by atoms with van der Waals surface area (Å²) < 4.78 is 1.36. The molecule has 0 fully saturated rings. The lowest BCUT2D eigenvalue weighted by molar-refractivity contribution is 0.243. The summed E-state index contributed by atoms with van der Waals surface area (Å²) in [6.07, 6.45) is 6.19. The van der Waals surface area contributed by atoms with E-state index in [0.717, 1.165) is 0 Å². The third kappa shape index (κ3) is 1.93. The van der Waals surface area contributed by atoms with Crippen molar-refractivity contribution in [3.05, 3.63) is 31.4 Å². The fourth-order valence-electron chi connectivity index (χ4n) is 0.630. The Kier molecular flexibility index (Phi) is 2.43. The fourth-order valence-corrected chi connectivity index (χ4v) is 0.630. The van der Waals surface area contributed by atoms with Gasteiger partial charge in [-0.15, -0.1) is 6.58 Å². The Morgan fingerprint density at radius 2 is 2.64 bits per heavy atom. The predicted molar refractivity (Wildman–Crippen MR) is 41.2 cm³/mol. The maximum Gasteiger partial charge on any atom is 0.327 e. The van der Waals surface area contributed by atoms with Gasteiger partial charge >= 0.3 is 6.03 Å². The molecule has 1 heterocycles. The van der Waals surface area contributed by atoms with Crippen LogP contribution in [0.5, 0.6) is 0 Å². The molecule has 11 heavy (non-hydrogen) atoms. The standard InChI is InChI=1S/C7H9N3O/c1-2-3-9-7(11)10-5-4-8-6-10/h2,4-6H,1,3H2,(H,9,11). The molecule has 0 aromatic carbocycles. The van der Waals surface area contributed by atoms with Gasteiger partial charge in [0.05, 0.1) is 0 Å². The van der Waals surface area contributed by atoms with Crippen LogP contribution in [0.25, 0.3) is 0 Å². The van der Waals surface area contributed by atoms with Gasteiger partial charge in [-0.05, 0) is 0 Å². The average molecular weight is 151 g/mol. The number of nitrogens with zero attached hydrogens (tertiary/aromatic N) is 2. The molecule has 1 aromatic heterocycles. The zero-order valence-electron chi connectivity index (χ0n) is 6.03. The number of imidazole rings is 1. The summed E-state index contributed by atoms with van der Waals surface area (Å²) in [6.45, 7) is 3.94. The number of rotatable bonds is 2. The molecule has 0 radical (unpaired) electrons. The van der Waals surface area contributed by atoms with Gasteiger partial charge in [-0.25, -0.2) is 9.78 Å². The molecule has 0 saturated carbocycles. The molecule has 1 amide bonds. The second kappa shape index (κ2) is 3.55. The summed E-state index contributed by atoms with van der Waals surface area (Å²) in [7, 11) is 0. The first-order valence-electron chi connectivity index (χ1n) is 3.21. The van der Waals surface area contributed by atoms with Crippen LogP contribution in [-0.2, 0) is 0 Å². The molecule has 58 valence electrons. The van der Waals surface area contributed by atoms with Crippen molar-refractivity contribution in [1.29, 1.82) is 0 Å². The lowest BCUT2D eigenvalue weighted by Gasteiger charge is -1.99. The van der Waals surface area contributed by atoms with Gasteiger partial charge in [0.2, 0.25) is 0 Å². The van der Waals surface area contributed by atoms with Crippen LogP contribution in [0, 0.1) is 0 Å². The molecular formula is C7H9N3O. The van der Waals surface area contributed by atoms with Crippen LogP contribution in [0.3, 0.4) is 0 Å². The first-order chi connectivity index (χ1) is 5.34. The van der Waals surface area contributed by atoms with E-state index in [4.69, 9.17) is 0 Å². The zero-order valence-corrected chi connectivity index (χ0v) is 6.03.